The Morgan fingerprint density at radius 1 is 1.10 bits per heavy atom. The van der Waals surface area contributed by atoms with E-state index in [1.54, 1.807) is 0 Å². The maximum atomic E-state index is 13.4. The Kier molecular flexibility index (Phi) is 6.11. The van der Waals surface area contributed by atoms with Crippen molar-refractivity contribution >= 4 is 29.6 Å². The Balaban J connectivity index is 1.68. The van der Waals surface area contributed by atoms with Gasteiger partial charge in [0.25, 0.3) is 0 Å². The first-order valence-corrected chi connectivity index (χ1v) is 10.9. The predicted octanol–water partition coefficient (Wildman–Crippen LogP) is 2.38. The molecule has 1 fully saturated rings. The van der Waals surface area contributed by atoms with E-state index in [9.17, 15) is 14.4 Å². The lowest BCUT2D eigenvalue weighted by Gasteiger charge is -2.48. The first-order chi connectivity index (χ1) is 15.0. The summed E-state index contributed by atoms with van der Waals surface area (Å²) in [4.78, 5) is 38.5. The molecule has 8 heteroatoms. The molecule has 4 rings (SSSR count). The summed E-state index contributed by atoms with van der Waals surface area (Å²) in [5.74, 6) is -1.04. The molecule has 160 valence electrons. The number of hydrogen-bond acceptors (Lipinski definition) is 7. The summed E-state index contributed by atoms with van der Waals surface area (Å²) in [7, 11) is 0. The molecule has 31 heavy (non-hydrogen) atoms. The molecule has 0 radical (unpaired) electrons. The van der Waals surface area contributed by atoms with Gasteiger partial charge in [-0.1, -0.05) is 60.7 Å². The third-order valence-electron chi connectivity index (χ3n) is 5.16. The number of fused-ring (bicyclic) bond motifs is 1. The Morgan fingerprint density at radius 2 is 1.68 bits per heavy atom. The highest BCUT2D eigenvalue weighted by Crippen LogP contribution is 2.40. The Labute approximate surface area is 184 Å². The van der Waals surface area contributed by atoms with Gasteiger partial charge in [0.05, 0.1) is 0 Å². The van der Waals surface area contributed by atoms with Gasteiger partial charge in [0.2, 0.25) is 5.91 Å². The van der Waals surface area contributed by atoms with Crippen LogP contribution in [0.15, 0.2) is 71.9 Å². The van der Waals surface area contributed by atoms with Crippen molar-refractivity contribution in [2.75, 3.05) is 12.4 Å². The molecule has 2 aliphatic heterocycles. The summed E-state index contributed by atoms with van der Waals surface area (Å²) in [5.41, 5.74) is 8.17. The molecule has 2 aromatic rings. The van der Waals surface area contributed by atoms with Crippen molar-refractivity contribution < 1.29 is 23.9 Å². The summed E-state index contributed by atoms with van der Waals surface area (Å²) >= 11 is 1.44. The largest absolute Gasteiger partial charge is 0.461 e. The zero-order valence-corrected chi connectivity index (χ0v) is 17.7. The van der Waals surface area contributed by atoms with E-state index in [-0.39, 0.29) is 23.6 Å². The monoisotopic (exact) mass is 438 g/mol. The van der Waals surface area contributed by atoms with Crippen LogP contribution in [0.1, 0.15) is 24.2 Å². The number of carbonyl (C=O) groups excluding carboxylic acids is 3. The molecule has 0 bridgehead atoms. The lowest BCUT2D eigenvalue weighted by molar-refractivity contribution is -0.153. The molecule has 2 aromatic carbocycles. The zero-order chi connectivity index (χ0) is 22.0. The summed E-state index contributed by atoms with van der Waals surface area (Å²) in [6.07, 6.45) is -0.657. The van der Waals surface area contributed by atoms with Crippen LogP contribution in [0.5, 0.6) is 0 Å². The summed E-state index contributed by atoms with van der Waals surface area (Å²) in [6, 6.07) is 18.1. The average molecular weight is 439 g/mol. The number of ether oxygens (including phenoxy) is 2. The highest BCUT2D eigenvalue weighted by Gasteiger charge is 2.52. The highest BCUT2D eigenvalue weighted by atomic mass is 32.2. The number of esters is 2. The minimum atomic E-state index is -0.665. The van der Waals surface area contributed by atoms with Crippen LogP contribution in [0.4, 0.5) is 0 Å². The van der Waals surface area contributed by atoms with Crippen LogP contribution in [-0.2, 0) is 23.9 Å². The van der Waals surface area contributed by atoms with Crippen LogP contribution in [0.3, 0.4) is 0 Å². The lowest BCUT2D eigenvalue weighted by Crippen LogP contribution is -2.68. The van der Waals surface area contributed by atoms with E-state index in [4.69, 9.17) is 15.2 Å². The fraction of sp³-hybridized carbons (Fsp3) is 0.261. The van der Waals surface area contributed by atoms with Gasteiger partial charge in [-0.3, -0.25) is 14.5 Å². The zero-order valence-electron chi connectivity index (χ0n) is 16.9. The number of carbonyl (C=O) groups is 3. The molecule has 2 atom stereocenters. The van der Waals surface area contributed by atoms with Crippen molar-refractivity contribution in [3.8, 4) is 0 Å². The Morgan fingerprint density at radius 3 is 2.23 bits per heavy atom. The highest BCUT2D eigenvalue weighted by molar-refractivity contribution is 8.00. The summed E-state index contributed by atoms with van der Waals surface area (Å²) in [5, 5.41) is -0.331. The number of thioether (sulfide) groups is 1. The molecule has 1 saturated heterocycles. The SMILES string of the molecule is CC(=O)OCC1=C(C(=O)OC(c2ccccc2)c2ccccc2)N2C(=O)[C@@H](N)[C@@H]2SC1. The van der Waals surface area contributed by atoms with Crippen LogP contribution < -0.4 is 5.73 Å². The quantitative estimate of drug-likeness (QED) is 0.546. The normalized spacial score (nSPS) is 20.2. The van der Waals surface area contributed by atoms with Gasteiger partial charge in [-0.15, -0.1) is 11.8 Å². The summed E-state index contributed by atoms with van der Waals surface area (Å²) in [6.45, 7) is 1.21. The molecule has 2 heterocycles. The average Bonchev–Trinajstić information content (AvgIpc) is 2.80. The van der Waals surface area contributed by atoms with Gasteiger partial charge in [-0.05, 0) is 11.1 Å². The van der Waals surface area contributed by atoms with Gasteiger partial charge in [0.1, 0.15) is 23.7 Å². The third-order valence-corrected chi connectivity index (χ3v) is 6.52. The van der Waals surface area contributed by atoms with Crippen LogP contribution in [0.25, 0.3) is 0 Å². The number of β-lactam (4-membered cyclic amide) rings is 1. The number of rotatable bonds is 6. The number of nitrogens with zero attached hydrogens (tertiary/aromatic N) is 1. The molecule has 7 nitrogen and oxygen atoms in total. The molecule has 0 aromatic heterocycles. The fourth-order valence-corrected chi connectivity index (χ4v) is 4.89. The van der Waals surface area contributed by atoms with Gasteiger partial charge in [0, 0.05) is 18.2 Å². The molecule has 2 aliphatic rings. The number of nitrogens with two attached hydrogens (primary N) is 1. The molecule has 0 unspecified atom stereocenters. The van der Waals surface area contributed by atoms with Crippen LogP contribution in [-0.4, -0.2) is 46.5 Å². The van der Waals surface area contributed by atoms with E-state index >= 15 is 0 Å². The maximum absolute atomic E-state index is 13.4. The van der Waals surface area contributed by atoms with E-state index < -0.39 is 24.1 Å². The van der Waals surface area contributed by atoms with Crippen molar-refractivity contribution in [2.45, 2.75) is 24.4 Å². The Bertz CT molecular complexity index is 985. The lowest BCUT2D eigenvalue weighted by atomic mass is 10.0. The second-order valence-corrected chi connectivity index (χ2v) is 8.38. The van der Waals surface area contributed by atoms with Gasteiger partial charge >= 0.3 is 11.9 Å². The second-order valence-electron chi connectivity index (χ2n) is 7.27. The summed E-state index contributed by atoms with van der Waals surface area (Å²) < 4.78 is 11.1. The topological polar surface area (TPSA) is 98.9 Å². The first kappa shape index (κ1) is 21.1. The van der Waals surface area contributed by atoms with Gasteiger partial charge in [-0.2, -0.15) is 0 Å². The number of hydrogen-bond donors (Lipinski definition) is 1. The molecule has 0 spiro atoms. The first-order valence-electron chi connectivity index (χ1n) is 9.84. The molecule has 0 saturated carbocycles. The van der Waals surface area contributed by atoms with Crippen molar-refractivity contribution in [2.24, 2.45) is 5.73 Å². The number of benzene rings is 2. The smallest absolute Gasteiger partial charge is 0.356 e. The van der Waals surface area contributed by atoms with Gasteiger partial charge in [0.15, 0.2) is 6.10 Å². The predicted molar refractivity (Wildman–Crippen MR) is 116 cm³/mol. The third kappa shape index (κ3) is 4.22. The van der Waals surface area contributed by atoms with E-state index in [1.807, 2.05) is 60.7 Å². The molecule has 2 N–H and O–H groups in total. The van der Waals surface area contributed by atoms with E-state index in [1.165, 1.54) is 23.6 Å². The maximum Gasteiger partial charge on any atom is 0.356 e. The van der Waals surface area contributed by atoms with E-state index in [0.717, 1.165) is 11.1 Å². The standard InChI is InChI=1S/C23H22N2O5S/c1-14(26)29-12-17-13-31-22-18(24)21(27)25(22)19(17)23(28)30-20(15-8-4-2-5-9-15)16-10-6-3-7-11-16/h2-11,18,20,22H,12-13,24H2,1H3/t18-,22+/m1/s1. The van der Waals surface area contributed by atoms with Gasteiger partial charge in [-0.25, -0.2) is 4.79 Å². The van der Waals surface area contributed by atoms with Crippen molar-refractivity contribution in [3.63, 3.8) is 0 Å². The molecular weight excluding hydrogens is 416 g/mol. The van der Waals surface area contributed by atoms with Crippen molar-refractivity contribution in [3.05, 3.63) is 83.1 Å². The van der Waals surface area contributed by atoms with E-state index in [2.05, 4.69) is 0 Å². The minimum Gasteiger partial charge on any atom is -0.461 e. The van der Waals surface area contributed by atoms with Crippen LogP contribution in [0, 0.1) is 0 Å². The second kappa shape index (κ2) is 8.95. The van der Waals surface area contributed by atoms with Crippen molar-refractivity contribution in [1.29, 1.82) is 0 Å². The fourth-order valence-electron chi connectivity index (χ4n) is 3.62. The minimum absolute atomic E-state index is 0.0835. The van der Waals surface area contributed by atoms with Crippen LogP contribution >= 0.6 is 11.8 Å². The molecular formula is C23H22N2O5S. The number of amides is 1. The van der Waals surface area contributed by atoms with Crippen LogP contribution in [0.2, 0.25) is 0 Å². The Hall–Kier alpha value is -3.10. The van der Waals surface area contributed by atoms with E-state index in [0.29, 0.717) is 11.3 Å². The van der Waals surface area contributed by atoms with Crippen molar-refractivity contribution in [1.82, 2.24) is 4.90 Å². The molecule has 0 aliphatic carbocycles. The molecule has 1 amide bonds. The van der Waals surface area contributed by atoms with Gasteiger partial charge < -0.3 is 15.2 Å².